The van der Waals surface area contributed by atoms with Crippen LogP contribution in [0.25, 0.3) is 0 Å². The molecule has 0 atom stereocenters. The van der Waals surface area contributed by atoms with Gasteiger partial charge < -0.3 is 5.32 Å². The zero-order valence-electron chi connectivity index (χ0n) is 10.1. The standard InChI is InChI=1S/C11H12BrN3O2S2/c1-13-11-10(3-2-5-14-11)19(16,17)15-7-9-8(12)4-6-18-9/h2-6,15H,7H2,1H3,(H,13,14). The molecule has 0 amide bonds. The Balaban J connectivity index is 2.21. The molecule has 0 saturated carbocycles. The first-order valence-electron chi connectivity index (χ1n) is 5.39. The number of hydrogen-bond donors (Lipinski definition) is 2. The third-order valence-electron chi connectivity index (χ3n) is 2.41. The fourth-order valence-electron chi connectivity index (χ4n) is 1.48. The highest BCUT2D eigenvalue weighted by atomic mass is 79.9. The molecule has 0 radical (unpaired) electrons. The summed E-state index contributed by atoms with van der Waals surface area (Å²) in [7, 11) is -1.95. The number of anilines is 1. The van der Waals surface area contributed by atoms with E-state index in [1.54, 1.807) is 19.3 Å². The highest BCUT2D eigenvalue weighted by Gasteiger charge is 2.19. The van der Waals surface area contributed by atoms with E-state index < -0.39 is 10.0 Å². The van der Waals surface area contributed by atoms with Crippen LogP contribution in [0.15, 0.2) is 39.1 Å². The van der Waals surface area contributed by atoms with Crippen molar-refractivity contribution in [3.05, 3.63) is 39.1 Å². The summed E-state index contributed by atoms with van der Waals surface area (Å²) < 4.78 is 27.9. The molecule has 8 heteroatoms. The van der Waals surface area contributed by atoms with Crippen LogP contribution < -0.4 is 10.0 Å². The Labute approximate surface area is 124 Å². The SMILES string of the molecule is CNc1ncccc1S(=O)(=O)NCc1sccc1Br. The van der Waals surface area contributed by atoms with E-state index in [0.717, 1.165) is 9.35 Å². The molecule has 2 N–H and O–H groups in total. The largest absolute Gasteiger partial charge is 0.372 e. The van der Waals surface area contributed by atoms with Gasteiger partial charge in [0.1, 0.15) is 10.7 Å². The van der Waals surface area contributed by atoms with Crippen molar-refractivity contribution in [1.29, 1.82) is 0 Å². The molecule has 0 aliphatic rings. The molecule has 2 aromatic heterocycles. The monoisotopic (exact) mass is 361 g/mol. The van der Waals surface area contributed by atoms with Gasteiger partial charge in [-0.1, -0.05) is 0 Å². The van der Waals surface area contributed by atoms with Crippen LogP contribution in [0.5, 0.6) is 0 Å². The number of nitrogens with one attached hydrogen (secondary N) is 2. The van der Waals surface area contributed by atoms with Gasteiger partial charge in [0.05, 0.1) is 0 Å². The number of sulfonamides is 1. The second-order valence-electron chi connectivity index (χ2n) is 3.62. The van der Waals surface area contributed by atoms with E-state index in [1.165, 1.54) is 17.4 Å². The van der Waals surface area contributed by atoms with Crippen LogP contribution in [0.4, 0.5) is 5.82 Å². The molecule has 0 aliphatic heterocycles. The Bertz CT molecular complexity index is 670. The Morgan fingerprint density at radius 3 is 2.84 bits per heavy atom. The molecule has 0 aromatic carbocycles. The summed E-state index contributed by atoms with van der Waals surface area (Å²) in [4.78, 5) is 5.06. The Morgan fingerprint density at radius 2 is 2.21 bits per heavy atom. The Morgan fingerprint density at radius 1 is 1.42 bits per heavy atom. The van der Waals surface area contributed by atoms with E-state index in [4.69, 9.17) is 0 Å². The molecule has 2 rings (SSSR count). The van der Waals surface area contributed by atoms with Crippen LogP contribution in [0, 0.1) is 0 Å². The molecular weight excluding hydrogens is 350 g/mol. The minimum absolute atomic E-state index is 0.144. The molecule has 0 saturated heterocycles. The number of thiophene rings is 1. The molecular formula is C11H12BrN3O2S2. The van der Waals surface area contributed by atoms with Gasteiger partial charge in [0.25, 0.3) is 0 Å². The van der Waals surface area contributed by atoms with Crippen molar-refractivity contribution in [2.45, 2.75) is 11.4 Å². The van der Waals surface area contributed by atoms with Crippen molar-refractivity contribution in [3.63, 3.8) is 0 Å². The Hall–Kier alpha value is -0.960. The summed E-state index contributed by atoms with van der Waals surface area (Å²) in [5.41, 5.74) is 0. The molecule has 0 unspecified atom stereocenters. The minimum atomic E-state index is -3.59. The first-order chi connectivity index (χ1) is 9.04. The zero-order valence-corrected chi connectivity index (χ0v) is 13.3. The number of aromatic nitrogens is 1. The molecule has 0 fully saturated rings. The van der Waals surface area contributed by atoms with Gasteiger partial charge in [0.15, 0.2) is 0 Å². The van der Waals surface area contributed by atoms with Crippen molar-refractivity contribution in [1.82, 2.24) is 9.71 Å². The van der Waals surface area contributed by atoms with E-state index in [2.05, 4.69) is 31.0 Å². The van der Waals surface area contributed by atoms with Crippen LogP contribution in [-0.4, -0.2) is 20.4 Å². The van der Waals surface area contributed by atoms with Gasteiger partial charge in [-0.3, -0.25) is 0 Å². The highest BCUT2D eigenvalue weighted by Crippen LogP contribution is 2.23. The van der Waals surface area contributed by atoms with Gasteiger partial charge in [0.2, 0.25) is 10.0 Å². The molecule has 2 heterocycles. The van der Waals surface area contributed by atoms with E-state index in [9.17, 15) is 8.42 Å². The normalized spacial score (nSPS) is 11.5. The maximum atomic E-state index is 12.2. The van der Waals surface area contributed by atoms with Gasteiger partial charge in [0, 0.05) is 29.1 Å². The smallest absolute Gasteiger partial charge is 0.244 e. The maximum absolute atomic E-state index is 12.2. The van der Waals surface area contributed by atoms with Crippen LogP contribution >= 0.6 is 27.3 Å². The number of halogens is 1. The first kappa shape index (κ1) is 14.4. The number of pyridine rings is 1. The van der Waals surface area contributed by atoms with E-state index in [1.807, 2.05) is 11.4 Å². The van der Waals surface area contributed by atoms with Crippen LogP contribution in [-0.2, 0) is 16.6 Å². The van der Waals surface area contributed by atoms with E-state index in [0.29, 0.717) is 5.82 Å². The molecule has 5 nitrogen and oxygen atoms in total. The molecule has 19 heavy (non-hydrogen) atoms. The van der Waals surface area contributed by atoms with Crippen molar-refractivity contribution in [2.75, 3.05) is 12.4 Å². The minimum Gasteiger partial charge on any atom is -0.372 e. The van der Waals surface area contributed by atoms with E-state index >= 15 is 0 Å². The summed E-state index contributed by atoms with van der Waals surface area (Å²) >= 11 is 4.86. The second-order valence-corrected chi connectivity index (χ2v) is 7.21. The predicted molar refractivity (Wildman–Crippen MR) is 79.8 cm³/mol. The van der Waals surface area contributed by atoms with E-state index in [-0.39, 0.29) is 11.4 Å². The summed E-state index contributed by atoms with van der Waals surface area (Å²) in [5.74, 6) is 0.334. The quantitative estimate of drug-likeness (QED) is 0.857. The van der Waals surface area contributed by atoms with Gasteiger partial charge >= 0.3 is 0 Å². The molecule has 2 aromatic rings. The topological polar surface area (TPSA) is 71.1 Å². The predicted octanol–water partition coefficient (Wildman–Crippen LogP) is 2.43. The van der Waals surface area contributed by atoms with Crippen molar-refractivity contribution < 1.29 is 8.42 Å². The van der Waals surface area contributed by atoms with Gasteiger partial charge in [-0.2, -0.15) is 0 Å². The summed E-state index contributed by atoms with van der Waals surface area (Å²) in [6.45, 7) is 0.249. The third kappa shape index (κ3) is 3.33. The zero-order chi connectivity index (χ0) is 13.9. The number of hydrogen-bond acceptors (Lipinski definition) is 5. The van der Waals surface area contributed by atoms with Crippen LogP contribution in [0.3, 0.4) is 0 Å². The van der Waals surface area contributed by atoms with Gasteiger partial charge in [-0.15, -0.1) is 11.3 Å². The molecule has 0 aliphatic carbocycles. The van der Waals surface area contributed by atoms with Crippen LogP contribution in [0.2, 0.25) is 0 Å². The maximum Gasteiger partial charge on any atom is 0.244 e. The Kier molecular flexibility index (Phi) is 4.56. The first-order valence-corrected chi connectivity index (χ1v) is 8.54. The number of nitrogens with zero attached hydrogens (tertiary/aromatic N) is 1. The summed E-state index contributed by atoms with van der Waals surface area (Å²) in [6, 6.07) is 5.00. The second kappa shape index (κ2) is 6.00. The fraction of sp³-hybridized carbons (Fsp3) is 0.182. The highest BCUT2D eigenvalue weighted by molar-refractivity contribution is 9.10. The van der Waals surface area contributed by atoms with Gasteiger partial charge in [-0.25, -0.2) is 18.1 Å². The summed E-state index contributed by atoms with van der Waals surface area (Å²) in [6.07, 6.45) is 1.54. The average Bonchev–Trinajstić information content (AvgIpc) is 2.82. The molecule has 0 bridgehead atoms. The van der Waals surface area contributed by atoms with Crippen molar-refractivity contribution >= 4 is 43.1 Å². The lowest BCUT2D eigenvalue weighted by Crippen LogP contribution is -2.24. The van der Waals surface area contributed by atoms with Crippen molar-refractivity contribution in [2.24, 2.45) is 0 Å². The number of rotatable bonds is 5. The lowest BCUT2D eigenvalue weighted by molar-refractivity contribution is 0.581. The van der Waals surface area contributed by atoms with Crippen LogP contribution in [0.1, 0.15) is 4.88 Å². The summed E-state index contributed by atoms with van der Waals surface area (Å²) in [5, 5.41) is 4.67. The lowest BCUT2D eigenvalue weighted by Gasteiger charge is -2.09. The van der Waals surface area contributed by atoms with Gasteiger partial charge in [-0.05, 0) is 39.5 Å². The lowest BCUT2D eigenvalue weighted by atomic mass is 10.5. The molecule has 0 spiro atoms. The molecule has 102 valence electrons. The average molecular weight is 362 g/mol. The fourth-order valence-corrected chi connectivity index (χ4v) is 4.17. The third-order valence-corrected chi connectivity index (χ3v) is 5.77. The van der Waals surface area contributed by atoms with Crippen molar-refractivity contribution in [3.8, 4) is 0 Å².